The van der Waals surface area contributed by atoms with Crippen molar-refractivity contribution in [1.82, 2.24) is 10.4 Å². The largest absolute Gasteiger partial charge is 0.497 e. The van der Waals surface area contributed by atoms with Gasteiger partial charge in [-0.3, -0.25) is 10.2 Å². The van der Waals surface area contributed by atoms with E-state index in [9.17, 15) is 4.79 Å². The summed E-state index contributed by atoms with van der Waals surface area (Å²) >= 11 is 6.05. The topological polar surface area (TPSA) is 54.7 Å². The van der Waals surface area contributed by atoms with Crippen LogP contribution >= 0.6 is 11.6 Å². The molecule has 0 fully saturated rings. The lowest BCUT2D eigenvalue weighted by molar-refractivity contribution is 0.0655. The molecular formula is C21H17ClN2O3. The number of carbonyl (C=O) groups excluding carboxylic acids is 1. The number of carbonyl (C=O) groups is 1. The van der Waals surface area contributed by atoms with Gasteiger partial charge in [0, 0.05) is 10.6 Å². The minimum absolute atomic E-state index is 0.196. The number of furan rings is 1. The van der Waals surface area contributed by atoms with Gasteiger partial charge in [0.25, 0.3) is 5.91 Å². The van der Waals surface area contributed by atoms with Crippen LogP contribution in [0, 0.1) is 0 Å². The van der Waals surface area contributed by atoms with Gasteiger partial charge >= 0.3 is 0 Å². The van der Waals surface area contributed by atoms with Crippen LogP contribution in [-0.2, 0) is 0 Å². The molecule has 27 heavy (non-hydrogen) atoms. The third-order valence-corrected chi connectivity index (χ3v) is 4.60. The van der Waals surface area contributed by atoms with E-state index in [4.69, 9.17) is 20.8 Å². The maximum absolute atomic E-state index is 13.1. The molecule has 1 amide bonds. The van der Waals surface area contributed by atoms with E-state index in [0.717, 1.165) is 17.0 Å². The number of methoxy groups -OCH3 is 1. The van der Waals surface area contributed by atoms with Gasteiger partial charge in [0.1, 0.15) is 17.6 Å². The number of hydrazine groups is 1. The first-order valence-electron chi connectivity index (χ1n) is 8.41. The highest BCUT2D eigenvalue weighted by molar-refractivity contribution is 6.31. The second-order valence-corrected chi connectivity index (χ2v) is 6.50. The Morgan fingerprint density at radius 2 is 1.96 bits per heavy atom. The van der Waals surface area contributed by atoms with Gasteiger partial charge < -0.3 is 9.15 Å². The number of nitrogens with one attached hydrogen (secondary N) is 1. The fourth-order valence-electron chi connectivity index (χ4n) is 3.01. The number of nitrogens with zero attached hydrogens (tertiary/aromatic N) is 1. The SMILES string of the molecule is COc1ccc(C2=CC(c3ccco3)N(C(=O)c3cccc(Cl)c3)N2)cc1. The summed E-state index contributed by atoms with van der Waals surface area (Å²) in [7, 11) is 1.63. The van der Waals surface area contributed by atoms with Gasteiger partial charge in [-0.05, 0) is 66.2 Å². The summed E-state index contributed by atoms with van der Waals surface area (Å²) in [6.07, 6.45) is 3.56. The summed E-state index contributed by atoms with van der Waals surface area (Å²) in [4.78, 5) is 13.1. The highest BCUT2D eigenvalue weighted by atomic mass is 35.5. The smallest absolute Gasteiger partial charge is 0.273 e. The molecule has 0 saturated carbocycles. The van der Waals surface area contributed by atoms with Crippen LogP contribution in [0.5, 0.6) is 5.75 Å². The first-order valence-corrected chi connectivity index (χ1v) is 8.79. The van der Waals surface area contributed by atoms with Crippen molar-refractivity contribution in [3.8, 4) is 5.75 Å². The zero-order valence-corrected chi connectivity index (χ0v) is 15.3. The first kappa shape index (κ1) is 17.2. The molecule has 136 valence electrons. The Bertz CT molecular complexity index is 981. The second-order valence-electron chi connectivity index (χ2n) is 6.07. The fourth-order valence-corrected chi connectivity index (χ4v) is 3.20. The number of benzene rings is 2. The van der Waals surface area contributed by atoms with Gasteiger partial charge in [0.2, 0.25) is 0 Å². The van der Waals surface area contributed by atoms with Gasteiger partial charge in [-0.25, -0.2) is 5.01 Å². The van der Waals surface area contributed by atoms with E-state index in [1.807, 2.05) is 36.4 Å². The van der Waals surface area contributed by atoms with Crippen LogP contribution in [-0.4, -0.2) is 18.0 Å². The summed E-state index contributed by atoms with van der Waals surface area (Å²) in [6, 6.07) is 17.8. The second kappa shape index (κ2) is 7.21. The van der Waals surface area contributed by atoms with Gasteiger partial charge in [-0.15, -0.1) is 0 Å². The Morgan fingerprint density at radius 1 is 1.15 bits per heavy atom. The Hall–Kier alpha value is -3.18. The van der Waals surface area contributed by atoms with Crippen molar-refractivity contribution in [1.29, 1.82) is 0 Å². The molecule has 0 saturated heterocycles. The minimum Gasteiger partial charge on any atom is -0.497 e. The maximum Gasteiger partial charge on any atom is 0.273 e. The van der Waals surface area contributed by atoms with E-state index in [0.29, 0.717) is 16.3 Å². The quantitative estimate of drug-likeness (QED) is 0.713. The highest BCUT2D eigenvalue weighted by Crippen LogP contribution is 2.33. The van der Waals surface area contributed by atoms with Crippen LogP contribution in [0.3, 0.4) is 0 Å². The highest BCUT2D eigenvalue weighted by Gasteiger charge is 2.33. The Morgan fingerprint density at radius 3 is 2.63 bits per heavy atom. The molecule has 0 radical (unpaired) electrons. The average molecular weight is 381 g/mol. The van der Waals surface area contributed by atoms with Crippen molar-refractivity contribution in [3.05, 3.63) is 94.9 Å². The summed E-state index contributed by atoms with van der Waals surface area (Å²) in [6.45, 7) is 0. The Labute approximate surface area is 161 Å². The van der Waals surface area contributed by atoms with Crippen LogP contribution in [0.1, 0.15) is 27.7 Å². The molecule has 0 aliphatic carbocycles. The predicted molar refractivity (Wildman–Crippen MR) is 103 cm³/mol. The monoisotopic (exact) mass is 380 g/mol. The Balaban J connectivity index is 1.68. The lowest BCUT2D eigenvalue weighted by Gasteiger charge is -2.24. The number of amides is 1. The minimum atomic E-state index is -0.372. The standard InChI is InChI=1S/C21H17ClN2O3/c1-26-17-9-7-14(8-10-17)18-13-19(20-6-3-11-27-20)24(23-18)21(25)15-4-2-5-16(22)12-15/h2-13,19,23H,1H3. The van der Waals surface area contributed by atoms with Crippen LogP contribution in [0.2, 0.25) is 5.02 Å². The van der Waals surface area contributed by atoms with Crippen LogP contribution in [0.4, 0.5) is 0 Å². The van der Waals surface area contributed by atoms with Crippen molar-refractivity contribution in [2.75, 3.05) is 7.11 Å². The number of rotatable bonds is 4. The van der Waals surface area contributed by atoms with Gasteiger partial charge in [-0.2, -0.15) is 0 Å². The third-order valence-electron chi connectivity index (χ3n) is 4.37. The molecule has 3 aromatic rings. The molecule has 2 aromatic carbocycles. The molecule has 0 spiro atoms. The molecule has 2 heterocycles. The molecule has 1 atom stereocenters. The van der Waals surface area contributed by atoms with E-state index in [1.54, 1.807) is 48.7 Å². The summed E-state index contributed by atoms with van der Waals surface area (Å²) in [5.74, 6) is 1.24. The number of ether oxygens (including phenoxy) is 1. The van der Waals surface area contributed by atoms with Crippen molar-refractivity contribution in [2.24, 2.45) is 0 Å². The van der Waals surface area contributed by atoms with E-state index in [-0.39, 0.29) is 11.9 Å². The third kappa shape index (κ3) is 3.41. The van der Waals surface area contributed by atoms with Gasteiger partial charge in [0.05, 0.1) is 19.1 Å². The molecule has 5 nitrogen and oxygen atoms in total. The molecule has 6 heteroatoms. The average Bonchev–Trinajstić information content (AvgIpc) is 3.37. The number of hydrogen-bond donors (Lipinski definition) is 1. The Kier molecular flexibility index (Phi) is 4.60. The molecule has 1 aliphatic heterocycles. The molecule has 1 aromatic heterocycles. The van der Waals surface area contributed by atoms with E-state index in [2.05, 4.69) is 5.43 Å². The first-order chi connectivity index (χ1) is 13.2. The normalized spacial score (nSPS) is 16.0. The van der Waals surface area contributed by atoms with Crippen LogP contribution in [0.25, 0.3) is 5.70 Å². The number of halogens is 1. The van der Waals surface area contributed by atoms with Gasteiger partial charge in [-0.1, -0.05) is 17.7 Å². The van der Waals surface area contributed by atoms with Crippen molar-refractivity contribution in [3.63, 3.8) is 0 Å². The zero-order valence-electron chi connectivity index (χ0n) is 14.6. The summed E-state index contributed by atoms with van der Waals surface area (Å²) in [5.41, 5.74) is 5.45. The van der Waals surface area contributed by atoms with Crippen molar-refractivity contribution >= 4 is 23.2 Å². The molecule has 1 unspecified atom stereocenters. The van der Waals surface area contributed by atoms with E-state index < -0.39 is 0 Å². The molecule has 0 bridgehead atoms. The lowest BCUT2D eigenvalue weighted by Crippen LogP contribution is -2.39. The lowest BCUT2D eigenvalue weighted by atomic mass is 10.1. The van der Waals surface area contributed by atoms with Crippen molar-refractivity contribution in [2.45, 2.75) is 6.04 Å². The fraction of sp³-hybridized carbons (Fsp3) is 0.0952. The maximum atomic E-state index is 13.1. The van der Waals surface area contributed by atoms with Crippen LogP contribution < -0.4 is 10.2 Å². The molecule has 1 aliphatic rings. The van der Waals surface area contributed by atoms with Crippen molar-refractivity contribution < 1.29 is 13.9 Å². The van der Waals surface area contributed by atoms with E-state index >= 15 is 0 Å². The molecular weight excluding hydrogens is 364 g/mol. The van der Waals surface area contributed by atoms with Gasteiger partial charge in [0.15, 0.2) is 0 Å². The van der Waals surface area contributed by atoms with E-state index in [1.165, 1.54) is 0 Å². The molecule has 4 rings (SSSR count). The predicted octanol–water partition coefficient (Wildman–Crippen LogP) is 4.68. The zero-order chi connectivity index (χ0) is 18.8. The number of hydrogen-bond acceptors (Lipinski definition) is 4. The van der Waals surface area contributed by atoms with Crippen LogP contribution in [0.15, 0.2) is 77.4 Å². The summed E-state index contributed by atoms with van der Waals surface area (Å²) in [5, 5.41) is 2.06. The summed E-state index contributed by atoms with van der Waals surface area (Å²) < 4.78 is 10.8. The molecule has 1 N–H and O–H groups in total.